The lowest BCUT2D eigenvalue weighted by molar-refractivity contribution is -0.0855. The van der Waals surface area contributed by atoms with Crippen LogP contribution in [0.25, 0.3) is 0 Å². The summed E-state index contributed by atoms with van der Waals surface area (Å²) in [5.74, 6) is -2.29. The van der Waals surface area contributed by atoms with Crippen LogP contribution in [-0.2, 0) is 130 Å². The fraction of sp³-hybridized carbons (Fsp3) is 0.518. The number of aliphatic hydroxyl groups excluding tert-OH is 1. The van der Waals surface area contributed by atoms with Crippen LogP contribution in [0.4, 0.5) is 17.5 Å². The number of benzene rings is 3. The van der Waals surface area contributed by atoms with Gasteiger partial charge in [0.1, 0.15) is 90.7 Å². The van der Waals surface area contributed by atoms with Crippen LogP contribution in [0.2, 0.25) is 0 Å². The van der Waals surface area contributed by atoms with Gasteiger partial charge < -0.3 is 101 Å². The topological polar surface area (TPSA) is 559 Å². The third-order valence-electron chi connectivity index (χ3n) is 20.8. The predicted molar refractivity (Wildman–Crippen MR) is 476 cm³/mol. The molecule has 0 spiro atoms. The van der Waals surface area contributed by atoms with E-state index in [1.165, 1.54) is 93.2 Å². The molecule has 5 N–H and O–H groups in total. The van der Waals surface area contributed by atoms with E-state index in [1.807, 2.05) is 18.2 Å². The minimum Gasteiger partial charge on any atom is -0.394 e. The maximum Gasteiger partial charge on any atom is 0.475 e. The summed E-state index contributed by atoms with van der Waals surface area (Å²) in [6.45, 7) is -9.61. The summed E-state index contributed by atoms with van der Waals surface area (Å²) >= 11 is 12.8. The van der Waals surface area contributed by atoms with Crippen molar-refractivity contribution in [3.63, 3.8) is 0 Å². The van der Waals surface area contributed by atoms with E-state index in [0.717, 1.165) is 18.3 Å². The molecule has 0 radical (unpaired) electrons. The lowest BCUT2D eigenvalue weighted by Crippen LogP contribution is -2.42. The Morgan fingerprint density at radius 1 is 0.418 bits per heavy atom. The Labute approximate surface area is 777 Å². The SMILES string of the molecule is COCCOC1[C@@H](OP(=O)(OCCC#N)OC[C@H]2O[C@@H](n3cc(C)c(NC(=O)c4ccccc4)nc3=O)C(OCCOC)[C@H]2OP(=S)(OCCC#N)OC[C@H]2O[C@@H](n3cc(C)c(NC(=O)c4ccccc4)nc3=O)C(OCCOC)[C@H]2OP(=S)(OCCC#N)OC[C@H]2O[C@@H](n3cc(C)c(=O)[nH]c3=O)C(OCCOC)[C@H]2OC)[C@@H](CO)O[C@H]1n1cc(C)c(NC(=O)c2ccccc2)nc1=O. The second kappa shape index (κ2) is 50.5. The number of aromatic amines is 1. The number of phosphoric ester groups is 1. The number of aryl methyl sites for hydroxylation is 4. The zero-order valence-electron chi connectivity index (χ0n) is 74.2. The molecule has 11 rings (SSSR count). The maximum atomic E-state index is 16.0. The van der Waals surface area contributed by atoms with Crippen molar-refractivity contribution in [2.45, 2.75) is 145 Å². The number of aromatic nitrogens is 8. The number of hydrogen-bond acceptors (Lipinski definition) is 40. The lowest BCUT2D eigenvalue weighted by atomic mass is 10.1. The standard InChI is InChI=1S/C83H103N14O32P3S2/c1-50-42-94(80(103)90-69(50)87-73(100)54-22-13-10-14-23-54)77-66(114-39-35-109-6)62(57(46-98)123-77)127-130(107,117-31-19-28-84)120-47-59-63(67(115-40-36-110-7)78(125-59)95-43-51(2)70(91-81(95)104)88-74(101)55-24-15-11-16-25-55)128-132(134,119-33-21-30-86)122-49-60-64(68(116-41-37-111-8)79(126-60)96-44-52(3)71(92-82(96)105)89-75(102)56-26-17-12-18-27-56)129-131(133,118-32-20-29-85)121-48-58-61(112-9)65(113-38-34-108-5)76(124-58)97-45-53(4)72(99)93-83(97)106/h10-18,22-27,42-45,57-68,76-79,98H,19-21,31-41,46-49H2,1-9H3,(H,93,99,106)(H,87,90,100,103)(H,88,91,101,104)(H,89,92,102,105)/t57-,58-,59-,60-,61+,62+,63+,64+,65?,66?,67?,68?,76-,77-,78-,79-,130?,131?,132?/m1/s1. The van der Waals surface area contributed by atoms with Crippen LogP contribution in [0, 0.1) is 61.7 Å². The average Bonchev–Trinajstić information content (AvgIpc) is 1.64. The molecule has 724 valence electrons. The lowest BCUT2D eigenvalue weighted by Gasteiger charge is -2.33. The molecule has 7 unspecified atom stereocenters. The molecule has 7 aromatic rings. The number of methoxy groups -OCH3 is 5. The molecule has 0 saturated carbocycles. The first kappa shape index (κ1) is 105. The van der Waals surface area contributed by atoms with Crippen LogP contribution in [0.15, 0.2) is 140 Å². The van der Waals surface area contributed by atoms with Gasteiger partial charge in [-0.2, -0.15) is 30.7 Å². The summed E-state index contributed by atoms with van der Waals surface area (Å²) in [7, 11) is 1.52. The summed E-state index contributed by atoms with van der Waals surface area (Å²) in [6.07, 6.45) is -20.9. The highest BCUT2D eigenvalue weighted by atomic mass is 32.5. The van der Waals surface area contributed by atoms with Crippen molar-refractivity contribution in [1.29, 1.82) is 15.8 Å². The maximum absolute atomic E-state index is 16.0. The van der Waals surface area contributed by atoms with Crippen LogP contribution in [0.5, 0.6) is 0 Å². The third-order valence-corrected chi connectivity index (χ3v) is 26.9. The highest BCUT2D eigenvalue weighted by molar-refractivity contribution is 8.07. The molecule has 3 aromatic carbocycles. The molecule has 4 fully saturated rings. The summed E-state index contributed by atoms with van der Waals surface area (Å²) < 4.78 is 159. The van der Waals surface area contributed by atoms with Crippen LogP contribution in [0.1, 0.15) is 97.5 Å². The van der Waals surface area contributed by atoms with E-state index in [0.29, 0.717) is 0 Å². The third kappa shape index (κ3) is 27.3. The van der Waals surface area contributed by atoms with Crippen LogP contribution >= 0.6 is 21.3 Å². The zero-order valence-corrected chi connectivity index (χ0v) is 78.5. The molecule has 3 amide bonds. The number of H-pyrrole nitrogens is 1. The van der Waals surface area contributed by atoms with Gasteiger partial charge in [-0.3, -0.25) is 65.0 Å². The van der Waals surface area contributed by atoms with Crippen molar-refractivity contribution in [2.24, 2.45) is 0 Å². The molecular weight excluding hydrogens is 1860 g/mol. The monoisotopic (exact) mass is 1960 g/mol. The molecule has 19 atom stereocenters. The van der Waals surface area contributed by atoms with Gasteiger partial charge in [-0.15, -0.1) is 0 Å². The van der Waals surface area contributed by atoms with Crippen molar-refractivity contribution in [1.82, 2.24) is 38.2 Å². The number of hydrogen-bond donors (Lipinski definition) is 5. The average molecular weight is 1970 g/mol. The molecule has 0 aliphatic carbocycles. The van der Waals surface area contributed by atoms with Gasteiger partial charge in [0.25, 0.3) is 23.3 Å². The van der Waals surface area contributed by atoms with Gasteiger partial charge in [0.05, 0.1) is 137 Å². The number of aliphatic hydroxyl groups is 1. The number of rotatable bonds is 52. The Morgan fingerprint density at radius 3 is 1.07 bits per heavy atom. The normalized spacial score (nSPS) is 24.0. The van der Waals surface area contributed by atoms with Crippen molar-refractivity contribution in [3.8, 4) is 18.2 Å². The van der Waals surface area contributed by atoms with Gasteiger partial charge in [0.15, 0.2) is 24.9 Å². The van der Waals surface area contributed by atoms with Gasteiger partial charge in [0, 0.05) is 99.3 Å². The minimum atomic E-state index is -5.38. The first-order valence-corrected chi connectivity index (χ1v) is 48.4. The molecule has 51 heteroatoms. The van der Waals surface area contributed by atoms with Crippen molar-refractivity contribution in [3.05, 3.63) is 207 Å². The van der Waals surface area contributed by atoms with Gasteiger partial charge in [-0.1, -0.05) is 54.6 Å². The van der Waals surface area contributed by atoms with E-state index in [2.05, 4.69) is 35.9 Å². The fourth-order valence-electron chi connectivity index (χ4n) is 14.3. The Kier molecular flexibility index (Phi) is 39.6. The van der Waals surface area contributed by atoms with E-state index in [9.17, 15) is 59.2 Å². The number of nitriles is 3. The second-order valence-corrected chi connectivity index (χ2v) is 37.5. The number of anilines is 3. The Balaban J connectivity index is 0.999. The number of ether oxygens (including phenoxy) is 13. The molecule has 46 nitrogen and oxygen atoms in total. The molecule has 134 heavy (non-hydrogen) atoms. The van der Waals surface area contributed by atoms with E-state index in [4.69, 9.17) is 126 Å². The number of nitrogens with one attached hydrogen (secondary N) is 4. The van der Waals surface area contributed by atoms with E-state index >= 15 is 4.57 Å². The molecule has 4 aliphatic heterocycles. The molecular formula is C83H103N14O32P3S2. The van der Waals surface area contributed by atoms with Crippen molar-refractivity contribution >= 4 is 80.0 Å². The minimum absolute atomic E-state index is 0.0481. The number of amides is 3. The Hall–Kier alpha value is -9.53. The number of phosphoric acid groups is 1. The van der Waals surface area contributed by atoms with Crippen molar-refractivity contribution < 1.29 is 126 Å². The fourth-order valence-corrected chi connectivity index (χ4v) is 19.9. The smallest absolute Gasteiger partial charge is 0.394 e. The van der Waals surface area contributed by atoms with E-state index < -0.39 is 225 Å². The quantitative estimate of drug-likeness (QED) is 0.0229. The van der Waals surface area contributed by atoms with Gasteiger partial charge in [0.2, 0.25) is 0 Å². The second-order valence-electron chi connectivity index (χ2n) is 29.9. The van der Waals surface area contributed by atoms with Crippen molar-refractivity contribution in [2.75, 3.05) is 151 Å². The molecule has 8 heterocycles. The summed E-state index contributed by atoms with van der Waals surface area (Å²) in [4.78, 5) is 126. The van der Waals surface area contributed by atoms with Crippen LogP contribution in [0.3, 0.4) is 0 Å². The largest absolute Gasteiger partial charge is 0.475 e. The summed E-state index contributed by atoms with van der Waals surface area (Å²) in [6, 6.07) is 30.1. The highest BCUT2D eigenvalue weighted by Gasteiger charge is 2.57. The summed E-state index contributed by atoms with van der Waals surface area (Å²) in [5, 5.41) is 49.3. The number of nitrogens with zero attached hydrogens (tertiary/aromatic N) is 10. The zero-order chi connectivity index (χ0) is 96.2. The first-order valence-electron chi connectivity index (χ1n) is 41.8. The molecule has 4 saturated heterocycles. The van der Waals surface area contributed by atoms with E-state index in [1.54, 1.807) is 85.8 Å². The number of carbonyl (C=O) groups excluding carboxylic acids is 3. The highest BCUT2D eigenvalue weighted by Crippen LogP contribution is 2.59. The predicted octanol–water partition coefficient (Wildman–Crippen LogP) is 5.57. The van der Waals surface area contributed by atoms with E-state index in [-0.39, 0.29) is 116 Å². The van der Waals surface area contributed by atoms with Gasteiger partial charge >= 0.3 is 44.0 Å². The number of carbonyl (C=O) groups is 3. The summed E-state index contributed by atoms with van der Waals surface area (Å²) in [5.41, 5.74) is -3.20. The molecule has 4 aromatic heterocycles. The van der Waals surface area contributed by atoms with Gasteiger partial charge in [-0.25, -0.2) is 23.7 Å². The Morgan fingerprint density at radius 2 is 0.731 bits per heavy atom. The molecule has 0 bridgehead atoms. The van der Waals surface area contributed by atoms with Crippen LogP contribution < -0.4 is 44.3 Å². The van der Waals surface area contributed by atoms with Crippen LogP contribution in [-0.4, -0.2) is 269 Å². The van der Waals surface area contributed by atoms with Gasteiger partial charge in [-0.05, 0) is 87.7 Å². The Bertz CT molecular complexity index is 5740. The first-order chi connectivity index (χ1) is 64.6. The molecule has 4 aliphatic rings.